The lowest BCUT2D eigenvalue weighted by atomic mass is 10.0. The summed E-state index contributed by atoms with van der Waals surface area (Å²) in [5.41, 5.74) is 4.46. The van der Waals surface area contributed by atoms with Gasteiger partial charge in [-0.05, 0) is 68.1 Å². The molecule has 0 bridgehead atoms. The van der Waals surface area contributed by atoms with Crippen LogP contribution in [0.5, 0.6) is 0 Å². The maximum absolute atomic E-state index is 13.4. The van der Waals surface area contributed by atoms with Crippen molar-refractivity contribution in [1.82, 2.24) is 14.8 Å². The maximum atomic E-state index is 13.4. The van der Waals surface area contributed by atoms with Gasteiger partial charge in [0.05, 0.1) is 18.8 Å². The quantitative estimate of drug-likeness (QED) is 0.549. The fourth-order valence-electron chi connectivity index (χ4n) is 5.81. The van der Waals surface area contributed by atoms with Gasteiger partial charge in [0.1, 0.15) is 0 Å². The van der Waals surface area contributed by atoms with Gasteiger partial charge in [0.15, 0.2) is 5.82 Å². The zero-order valence-electron chi connectivity index (χ0n) is 21.1. The number of fused-ring (bicyclic) bond motifs is 1. The second-order valence-corrected chi connectivity index (χ2v) is 10.3. The Balaban J connectivity index is 1.20. The first-order valence-electron chi connectivity index (χ1n) is 13.4. The highest BCUT2D eigenvalue weighted by atomic mass is 16.2. The van der Waals surface area contributed by atoms with E-state index in [9.17, 15) is 9.59 Å². The molecule has 37 heavy (non-hydrogen) atoms. The molecule has 0 spiro atoms. The summed E-state index contributed by atoms with van der Waals surface area (Å²) in [6.45, 7) is 4.89. The molecule has 3 aromatic rings. The molecule has 2 aromatic carbocycles. The van der Waals surface area contributed by atoms with E-state index in [0.717, 1.165) is 67.0 Å². The minimum atomic E-state index is 0.0188. The van der Waals surface area contributed by atoms with Crippen LogP contribution >= 0.6 is 0 Å². The zero-order chi connectivity index (χ0) is 25.2. The molecule has 4 heterocycles. The summed E-state index contributed by atoms with van der Waals surface area (Å²) in [5.74, 6) is 0.857. The predicted octanol–water partition coefficient (Wildman–Crippen LogP) is 4.41. The summed E-state index contributed by atoms with van der Waals surface area (Å²) < 4.78 is 0. The average Bonchev–Trinajstić information content (AvgIpc) is 3.63. The van der Waals surface area contributed by atoms with Gasteiger partial charge in [-0.3, -0.25) is 9.59 Å². The van der Waals surface area contributed by atoms with Gasteiger partial charge in [-0.15, -0.1) is 0 Å². The number of carbonyl (C=O) groups is 2. The van der Waals surface area contributed by atoms with Crippen molar-refractivity contribution in [2.45, 2.75) is 38.3 Å². The number of likely N-dealkylation sites (tertiary alicyclic amines) is 2. The normalized spacial score (nSPS) is 19.7. The van der Waals surface area contributed by atoms with E-state index in [1.54, 1.807) is 4.90 Å². The molecule has 1 aromatic heterocycles. The number of anilines is 2. The number of hydrogen-bond donors (Lipinski definition) is 1. The van der Waals surface area contributed by atoms with Gasteiger partial charge in [0.2, 0.25) is 5.91 Å². The second kappa shape index (κ2) is 10.3. The van der Waals surface area contributed by atoms with Gasteiger partial charge >= 0.3 is 0 Å². The lowest BCUT2D eigenvalue weighted by Crippen LogP contribution is -2.42. The molecular formula is C30H33N5O2. The van der Waals surface area contributed by atoms with Gasteiger partial charge in [-0.25, -0.2) is 4.98 Å². The van der Waals surface area contributed by atoms with E-state index in [0.29, 0.717) is 18.4 Å². The molecule has 1 unspecified atom stereocenters. The molecule has 0 radical (unpaired) electrons. The molecular weight excluding hydrogens is 462 g/mol. The SMILES string of the molecule is O=C1CNc2ncc(-c3ccc(C(=O)N4CCCC4CN4CCCC4)cc3)cc2N1Cc1ccccc1. The minimum absolute atomic E-state index is 0.0188. The number of pyridine rings is 1. The smallest absolute Gasteiger partial charge is 0.254 e. The number of aromatic nitrogens is 1. The topological polar surface area (TPSA) is 68.8 Å². The number of nitrogens with zero attached hydrogens (tertiary/aromatic N) is 4. The molecule has 6 rings (SSSR count). The van der Waals surface area contributed by atoms with Crippen molar-refractivity contribution < 1.29 is 9.59 Å². The fourth-order valence-corrected chi connectivity index (χ4v) is 5.81. The number of amides is 2. The van der Waals surface area contributed by atoms with Crippen molar-refractivity contribution in [1.29, 1.82) is 0 Å². The maximum Gasteiger partial charge on any atom is 0.254 e. The van der Waals surface area contributed by atoms with Crippen molar-refractivity contribution >= 4 is 23.3 Å². The first-order chi connectivity index (χ1) is 18.2. The first-order valence-corrected chi connectivity index (χ1v) is 13.4. The summed E-state index contributed by atoms with van der Waals surface area (Å²) in [6.07, 6.45) is 6.54. The number of nitrogens with one attached hydrogen (secondary N) is 1. The van der Waals surface area contributed by atoms with Crippen molar-refractivity contribution in [2.24, 2.45) is 0 Å². The van der Waals surface area contributed by atoms with Crippen LogP contribution in [0.4, 0.5) is 11.5 Å². The third-order valence-electron chi connectivity index (χ3n) is 7.82. The molecule has 1 atom stereocenters. The molecule has 2 fully saturated rings. The molecule has 3 aliphatic rings. The van der Waals surface area contributed by atoms with E-state index < -0.39 is 0 Å². The summed E-state index contributed by atoms with van der Waals surface area (Å²) in [7, 11) is 0. The number of rotatable bonds is 6. The first kappa shape index (κ1) is 23.7. The Hall–Kier alpha value is -3.71. The van der Waals surface area contributed by atoms with Crippen molar-refractivity contribution in [3.63, 3.8) is 0 Å². The second-order valence-electron chi connectivity index (χ2n) is 10.3. The van der Waals surface area contributed by atoms with Crippen molar-refractivity contribution in [3.05, 3.63) is 78.0 Å². The molecule has 7 heteroatoms. The van der Waals surface area contributed by atoms with E-state index in [1.807, 2.05) is 66.9 Å². The summed E-state index contributed by atoms with van der Waals surface area (Å²) in [4.78, 5) is 37.1. The van der Waals surface area contributed by atoms with Gasteiger partial charge < -0.3 is 20.0 Å². The number of benzene rings is 2. The zero-order valence-corrected chi connectivity index (χ0v) is 21.1. The van der Waals surface area contributed by atoms with Crippen molar-refractivity contribution in [3.8, 4) is 11.1 Å². The summed E-state index contributed by atoms with van der Waals surface area (Å²) >= 11 is 0. The highest BCUT2D eigenvalue weighted by Gasteiger charge is 2.31. The van der Waals surface area contributed by atoms with Gasteiger partial charge in [0.25, 0.3) is 5.91 Å². The number of carbonyl (C=O) groups excluding carboxylic acids is 2. The Morgan fingerprint density at radius 3 is 2.51 bits per heavy atom. The summed E-state index contributed by atoms with van der Waals surface area (Å²) in [6, 6.07) is 20.1. The van der Waals surface area contributed by atoms with Crippen molar-refractivity contribution in [2.75, 3.05) is 42.9 Å². The van der Waals surface area contributed by atoms with Crippen LogP contribution < -0.4 is 10.2 Å². The van der Waals surface area contributed by atoms with Crippen LogP contribution in [0, 0.1) is 0 Å². The third-order valence-corrected chi connectivity index (χ3v) is 7.82. The van der Waals surface area contributed by atoms with Crippen LogP contribution in [0.2, 0.25) is 0 Å². The Bertz CT molecular complexity index is 1270. The largest absolute Gasteiger partial charge is 0.359 e. The van der Waals surface area contributed by atoms with Gasteiger partial charge in [0, 0.05) is 36.5 Å². The molecule has 190 valence electrons. The Labute approximate surface area is 218 Å². The molecule has 3 aliphatic heterocycles. The molecule has 2 amide bonds. The third kappa shape index (κ3) is 4.96. The summed E-state index contributed by atoms with van der Waals surface area (Å²) in [5, 5.41) is 3.14. The van der Waals surface area contributed by atoms with Crippen LogP contribution in [0.15, 0.2) is 66.9 Å². The van der Waals surface area contributed by atoms with E-state index in [4.69, 9.17) is 0 Å². The highest BCUT2D eigenvalue weighted by molar-refractivity contribution is 6.02. The van der Waals surface area contributed by atoms with Crippen LogP contribution in [-0.2, 0) is 11.3 Å². The standard InChI is InChI=1S/C30H33N5O2/c36-28-19-32-29-27(35(28)20-22-7-2-1-3-8-22)17-25(18-31-29)23-10-12-24(13-11-23)30(37)34-16-6-9-26(34)21-33-14-4-5-15-33/h1-3,7-8,10-13,17-18,26H,4-6,9,14-16,19-21H2,(H,31,32). The van der Waals surface area contributed by atoms with Gasteiger partial charge in [-0.2, -0.15) is 0 Å². The molecule has 7 nitrogen and oxygen atoms in total. The van der Waals surface area contributed by atoms with Crippen LogP contribution in [-0.4, -0.2) is 65.4 Å². The Morgan fingerprint density at radius 1 is 0.946 bits per heavy atom. The van der Waals surface area contributed by atoms with E-state index in [1.165, 1.54) is 12.8 Å². The Kier molecular flexibility index (Phi) is 6.62. The number of hydrogen-bond acceptors (Lipinski definition) is 5. The van der Waals surface area contributed by atoms with E-state index in [2.05, 4.69) is 20.1 Å². The lowest BCUT2D eigenvalue weighted by Gasteiger charge is -2.30. The molecule has 1 N–H and O–H groups in total. The highest BCUT2D eigenvalue weighted by Crippen LogP contribution is 2.33. The average molecular weight is 496 g/mol. The fraction of sp³-hybridized carbons (Fsp3) is 0.367. The lowest BCUT2D eigenvalue weighted by molar-refractivity contribution is -0.117. The Morgan fingerprint density at radius 2 is 1.73 bits per heavy atom. The van der Waals surface area contributed by atoms with Crippen LogP contribution in [0.25, 0.3) is 11.1 Å². The molecule has 0 saturated carbocycles. The van der Waals surface area contributed by atoms with E-state index >= 15 is 0 Å². The predicted molar refractivity (Wildman–Crippen MR) is 146 cm³/mol. The molecule has 0 aliphatic carbocycles. The minimum Gasteiger partial charge on any atom is -0.359 e. The van der Waals surface area contributed by atoms with Gasteiger partial charge in [-0.1, -0.05) is 42.5 Å². The molecule has 2 saturated heterocycles. The van der Waals surface area contributed by atoms with E-state index in [-0.39, 0.29) is 18.4 Å². The van der Waals surface area contributed by atoms with Crippen LogP contribution in [0.1, 0.15) is 41.6 Å². The van der Waals surface area contributed by atoms with Crippen LogP contribution in [0.3, 0.4) is 0 Å². The monoisotopic (exact) mass is 495 g/mol.